The fourth-order valence-corrected chi connectivity index (χ4v) is 2.45. The third-order valence-electron chi connectivity index (χ3n) is 3.66. The summed E-state index contributed by atoms with van der Waals surface area (Å²) in [5.41, 5.74) is -2.60. The summed E-state index contributed by atoms with van der Waals surface area (Å²) in [6.45, 7) is -6.07. The number of fused-ring (bicyclic) bond motifs is 1. The molecular weight excluding hydrogens is 335 g/mol. The van der Waals surface area contributed by atoms with E-state index in [9.17, 15) is 13.2 Å². The quantitative estimate of drug-likeness (QED) is 0.551. The zero-order valence-corrected chi connectivity index (χ0v) is 13.5. The summed E-state index contributed by atoms with van der Waals surface area (Å²) in [5, 5.41) is 3.30. The van der Waals surface area contributed by atoms with E-state index in [1.54, 1.807) is 36.4 Å². The van der Waals surface area contributed by atoms with Crippen molar-refractivity contribution in [3.8, 4) is 0 Å². The summed E-state index contributed by atoms with van der Waals surface area (Å²) >= 11 is 0. The minimum Gasteiger partial charge on any atom is -0.310 e. The molecule has 3 rings (SSSR count). The van der Waals surface area contributed by atoms with E-state index in [-0.39, 0.29) is 5.56 Å². The van der Waals surface area contributed by atoms with Gasteiger partial charge in [0.15, 0.2) is 0 Å². The van der Waals surface area contributed by atoms with Gasteiger partial charge >= 0.3 is 6.18 Å². The molecular formula is C22H22F3N. The number of nitrogens with one attached hydrogen (secondary N) is 1. The van der Waals surface area contributed by atoms with Crippen LogP contribution >= 0.6 is 0 Å². The molecule has 0 unspecified atom stereocenters. The molecule has 136 valence electrons. The Hall–Kier alpha value is -2.33. The lowest BCUT2D eigenvalue weighted by Gasteiger charge is -2.17. The highest BCUT2D eigenvalue weighted by Gasteiger charge is 2.30. The molecule has 0 fully saturated rings. The highest BCUT2D eigenvalue weighted by atomic mass is 19.4. The van der Waals surface area contributed by atoms with E-state index in [2.05, 4.69) is 5.32 Å². The number of benzene rings is 3. The number of alkyl halides is 3. The predicted octanol–water partition coefficient (Wildman–Crippen LogP) is 6.14. The van der Waals surface area contributed by atoms with Gasteiger partial charge in [0, 0.05) is 15.6 Å². The van der Waals surface area contributed by atoms with Crippen LogP contribution in [0.1, 0.15) is 51.0 Å². The number of rotatable bonds is 6. The van der Waals surface area contributed by atoms with E-state index in [4.69, 9.17) is 15.1 Å². The second-order valence-electron chi connectivity index (χ2n) is 5.48. The van der Waals surface area contributed by atoms with Crippen molar-refractivity contribution >= 4 is 10.8 Å². The van der Waals surface area contributed by atoms with E-state index >= 15 is 0 Å². The Balaban J connectivity index is 2.08. The van der Waals surface area contributed by atoms with Crippen LogP contribution in [0, 0.1) is 0 Å². The van der Waals surface area contributed by atoms with Gasteiger partial charge in [-0.2, -0.15) is 13.2 Å². The molecule has 4 heteroatoms. The summed E-state index contributed by atoms with van der Waals surface area (Å²) in [4.78, 5) is 0. The maximum Gasteiger partial charge on any atom is 0.416 e. The summed E-state index contributed by atoms with van der Waals surface area (Å²) < 4.78 is 129. The highest BCUT2D eigenvalue weighted by molar-refractivity contribution is 5.86. The van der Waals surface area contributed by atoms with Crippen LogP contribution in [0.2, 0.25) is 0 Å². The van der Waals surface area contributed by atoms with Crippen molar-refractivity contribution in [2.45, 2.75) is 31.9 Å². The van der Waals surface area contributed by atoms with E-state index in [0.717, 1.165) is 0 Å². The molecule has 0 aliphatic rings. The SMILES string of the molecule is [2H]c1c([2H])c(CC([2H])([2H])C([2H])([2H])N[C@@H](c2cccc3ccccc23)C([2H])([2H])[2H])c([2H])c(C(F)(F)F)c1[2H]. The van der Waals surface area contributed by atoms with Crippen LogP contribution in [0.5, 0.6) is 0 Å². The van der Waals surface area contributed by atoms with Crippen LogP contribution in [0.25, 0.3) is 10.8 Å². The van der Waals surface area contributed by atoms with E-state index in [1.807, 2.05) is 0 Å². The Morgan fingerprint density at radius 1 is 1.15 bits per heavy atom. The zero-order chi connectivity index (χ0) is 28.1. The molecule has 0 saturated carbocycles. The molecule has 1 atom stereocenters. The molecule has 0 heterocycles. The molecule has 0 spiro atoms. The van der Waals surface area contributed by atoms with E-state index in [0.29, 0.717) is 10.8 Å². The van der Waals surface area contributed by atoms with Crippen molar-refractivity contribution in [1.29, 1.82) is 0 Å². The highest BCUT2D eigenvalue weighted by Crippen LogP contribution is 2.29. The second-order valence-corrected chi connectivity index (χ2v) is 5.48. The largest absolute Gasteiger partial charge is 0.416 e. The first kappa shape index (κ1) is 9.05. The minimum atomic E-state index is -5.24. The van der Waals surface area contributed by atoms with Crippen molar-refractivity contribution in [1.82, 2.24) is 5.32 Å². The fraction of sp³-hybridized carbons (Fsp3) is 0.273. The van der Waals surface area contributed by atoms with Crippen molar-refractivity contribution in [3.05, 3.63) is 83.3 Å². The summed E-state index contributed by atoms with van der Waals surface area (Å²) in [5.74, 6) is 0. The predicted molar refractivity (Wildman–Crippen MR) is 100 cm³/mol. The molecule has 1 nitrogen and oxygen atoms in total. The average molecular weight is 368 g/mol. The third kappa shape index (κ3) is 4.44. The number of halogens is 3. The van der Waals surface area contributed by atoms with Gasteiger partial charge in [0.05, 0.1) is 11.0 Å². The third-order valence-corrected chi connectivity index (χ3v) is 3.66. The summed E-state index contributed by atoms with van der Waals surface area (Å²) in [6, 6.07) is 4.66. The molecule has 0 aliphatic carbocycles. The smallest absolute Gasteiger partial charge is 0.310 e. The summed E-state index contributed by atoms with van der Waals surface area (Å²) in [6.07, 6.45) is -9.65. The van der Waals surface area contributed by atoms with Gasteiger partial charge in [-0.3, -0.25) is 0 Å². The van der Waals surface area contributed by atoms with Crippen molar-refractivity contribution in [2.24, 2.45) is 0 Å². The Kier molecular flexibility index (Phi) is 2.75. The first-order chi connectivity index (χ1) is 16.8. The molecule has 1 N–H and O–H groups in total. The molecule has 3 aromatic carbocycles. The van der Waals surface area contributed by atoms with Crippen molar-refractivity contribution in [3.63, 3.8) is 0 Å². The van der Waals surface area contributed by atoms with Crippen molar-refractivity contribution in [2.75, 3.05) is 6.50 Å². The van der Waals surface area contributed by atoms with Crippen molar-refractivity contribution < 1.29 is 28.2 Å². The monoisotopic (exact) mass is 368 g/mol. The van der Waals surface area contributed by atoms with Crippen LogP contribution in [0.15, 0.2) is 66.6 Å². The Bertz CT molecular complexity index is 1310. The van der Waals surface area contributed by atoms with Gasteiger partial charge in [0.2, 0.25) is 0 Å². The van der Waals surface area contributed by atoms with Crippen LogP contribution < -0.4 is 5.32 Å². The standard InChI is InChI=1S/C22H22F3N/c1-16(20-13-5-10-18-9-2-3-12-21(18)20)26-14-6-8-17-7-4-11-19(15-17)22(23,24)25/h2-5,7,9-13,15-16,26H,6,8,14H2,1H3/t16-/m1/s1/i1D3,4D,6D2,7D,11D,14D2,15D. The normalized spacial score (nSPS) is 20.8. The minimum absolute atomic E-state index is 0.145. The lowest BCUT2D eigenvalue weighted by atomic mass is 9.99. The topological polar surface area (TPSA) is 12.0 Å². The van der Waals surface area contributed by atoms with Gasteiger partial charge in [-0.15, -0.1) is 0 Å². The van der Waals surface area contributed by atoms with Crippen LogP contribution in [-0.4, -0.2) is 6.50 Å². The Morgan fingerprint density at radius 3 is 2.77 bits per heavy atom. The fourth-order valence-electron chi connectivity index (χ4n) is 2.45. The molecule has 3 aromatic rings. The molecule has 0 saturated heterocycles. The lowest BCUT2D eigenvalue weighted by Crippen LogP contribution is -2.20. The van der Waals surface area contributed by atoms with E-state index < -0.39 is 73.7 Å². The average Bonchev–Trinajstić information content (AvgIpc) is 2.77. The Labute approximate surface area is 167 Å². The van der Waals surface area contributed by atoms with Gasteiger partial charge < -0.3 is 5.32 Å². The van der Waals surface area contributed by atoms with Gasteiger partial charge in [-0.05, 0) is 54.1 Å². The van der Waals surface area contributed by atoms with Gasteiger partial charge in [0.25, 0.3) is 0 Å². The maximum absolute atomic E-state index is 13.5. The first-order valence-electron chi connectivity index (χ1n) is 13.2. The molecule has 26 heavy (non-hydrogen) atoms. The first-order valence-corrected chi connectivity index (χ1v) is 7.71. The van der Waals surface area contributed by atoms with Crippen LogP contribution in [0.3, 0.4) is 0 Å². The maximum atomic E-state index is 13.5. The van der Waals surface area contributed by atoms with Gasteiger partial charge in [-0.1, -0.05) is 60.6 Å². The van der Waals surface area contributed by atoms with Gasteiger partial charge in [-0.25, -0.2) is 0 Å². The lowest BCUT2D eigenvalue weighted by molar-refractivity contribution is -0.137. The molecule has 0 radical (unpaired) electrons. The van der Waals surface area contributed by atoms with Gasteiger partial charge in [0.1, 0.15) is 0 Å². The molecule has 0 aliphatic heterocycles. The Morgan fingerprint density at radius 2 is 1.96 bits per heavy atom. The molecule has 0 bridgehead atoms. The molecule has 0 aromatic heterocycles. The van der Waals surface area contributed by atoms with Crippen LogP contribution in [-0.2, 0) is 12.6 Å². The van der Waals surface area contributed by atoms with E-state index in [1.165, 1.54) is 6.07 Å². The number of hydrogen-bond acceptors (Lipinski definition) is 1. The summed E-state index contributed by atoms with van der Waals surface area (Å²) in [7, 11) is 0. The number of hydrogen-bond donors (Lipinski definition) is 1. The second kappa shape index (κ2) is 7.92. The van der Waals surface area contributed by atoms with Crippen LogP contribution in [0.4, 0.5) is 13.2 Å². The zero-order valence-electron chi connectivity index (χ0n) is 24.5. The molecule has 0 amide bonds.